The largest absolute Gasteiger partial charge is 0.317 e. The lowest BCUT2D eigenvalue weighted by molar-refractivity contribution is -0.122. The van der Waals surface area contributed by atoms with Crippen molar-refractivity contribution in [3.63, 3.8) is 0 Å². The molecule has 1 fully saturated rings. The molecule has 29 heavy (non-hydrogen) atoms. The van der Waals surface area contributed by atoms with E-state index in [1.807, 2.05) is 54.5 Å². The lowest BCUT2D eigenvalue weighted by atomic mass is 9.88. The maximum absolute atomic E-state index is 13.1. The Balaban J connectivity index is 1.48. The third-order valence-electron chi connectivity index (χ3n) is 5.82. The molecule has 1 aromatic heterocycles. The Bertz CT molecular complexity index is 1120. The van der Waals surface area contributed by atoms with Crippen LogP contribution in [0.25, 0.3) is 16.5 Å². The van der Waals surface area contributed by atoms with E-state index in [9.17, 15) is 4.79 Å². The molecule has 3 aliphatic heterocycles. The van der Waals surface area contributed by atoms with E-state index in [2.05, 4.69) is 28.6 Å². The zero-order valence-electron chi connectivity index (χ0n) is 16.5. The Morgan fingerprint density at radius 1 is 1.14 bits per heavy atom. The van der Waals surface area contributed by atoms with Crippen LogP contribution in [0.3, 0.4) is 0 Å². The van der Waals surface area contributed by atoms with Crippen LogP contribution in [0.1, 0.15) is 18.4 Å². The topological polar surface area (TPSA) is 50.2 Å². The Morgan fingerprint density at radius 3 is 2.86 bits per heavy atom. The van der Waals surface area contributed by atoms with Gasteiger partial charge in [-0.3, -0.25) is 14.4 Å². The minimum Gasteiger partial charge on any atom is -0.317 e. The number of carbonyl (C=O) groups excluding carboxylic acids is 1. The van der Waals surface area contributed by atoms with Gasteiger partial charge in [0.05, 0.1) is 5.52 Å². The van der Waals surface area contributed by atoms with Crippen molar-refractivity contribution in [2.24, 2.45) is 13.0 Å². The minimum absolute atomic E-state index is 0.0160. The first kappa shape index (κ1) is 17.9. The second-order valence-electron chi connectivity index (χ2n) is 7.82. The molecule has 0 spiro atoms. The first-order valence-electron chi connectivity index (χ1n) is 10.1. The van der Waals surface area contributed by atoms with Crippen LogP contribution in [0.4, 0.5) is 0 Å². The van der Waals surface area contributed by atoms with Crippen molar-refractivity contribution in [1.29, 1.82) is 0 Å². The summed E-state index contributed by atoms with van der Waals surface area (Å²) in [5, 5.41) is 8.91. The van der Waals surface area contributed by atoms with E-state index in [1.165, 1.54) is 5.57 Å². The number of nitrogens with one attached hydrogen (secondary N) is 1. The molecule has 1 aromatic carbocycles. The van der Waals surface area contributed by atoms with Crippen LogP contribution in [-0.4, -0.2) is 33.7 Å². The summed E-state index contributed by atoms with van der Waals surface area (Å²) >= 11 is 0. The smallest absolute Gasteiger partial charge is 0.255 e. The van der Waals surface area contributed by atoms with Gasteiger partial charge in [0, 0.05) is 36.6 Å². The van der Waals surface area contributed by atoms with Crippen LogP contribution in [0, 0.1) is 5.92 Å². The number of carbonyl (C=O) groups is 1. The number of aromatic nitrogens is 2. The molecule has 4 heterocycles. The average Bonchev–Trinajstić information content (AvgIpc) is 3.11. The first-order chi connectivity index (χ1) is 14.2. The molecule has 146 valence electrons. The van der Waals surface area contributed by atoms with Crippen molar-refractivity contribution < 1.29 is 4.79 Å². The third-order valence-corrected chi connectivity index (χ3v) is 5.82. The predicted octanol–water partition coefficient (Wildman–Crippen LogP) is 3.69. The van der Waals surface area contributed by atoms with Gasteiger partial charge in [-0.2, -0.15) is 5.10 Å². The van der Waals surface area contributed by atoms with Gasteiger partial charge in [0.1, 0.15) is 0 Å². The molecule has 5 nitrogen and oxygen atoms in total. The van der Waals surface area contributed by atoms with E-state index >= 15 is 0 Å². The molecular formula is C24H24N4O. The average molecular weight is 384 g/mol. The first-order valence-corrected chi connectivity index (χ1v) is 10.1. The molecular weight excluding hydrogens is 360 g/mol. The van der Waals surface area contributed by atoms with Crippen LogP contribution in [-0.2, 0) is 11.8 Å². The van der Waals surface area contributed by atoms with Crippen LogP contribution >= 0.6 is 0 Å². The van der Waals surface area contributed by atoms with Crippen molar-refractivity contribution in [1.82, 2.24) is 20.0 Å². The van der Waals surface area contributed by atoms with Crippen molar-refractivity contribution in [2.75, 3.05) is 13.1 Å². The molecule has 5 heteroatoms. The van der Waals surface area contributed by atoms with E-state index in [0.717, 1.165) is 53.7 Å². The molecule has 0 unspecified atom stereocenters. The van der Waals surface area contributed by atoms with Gasteiger partial charge < -0.3 is 5.32 Å². The standard InChI is InChI=1S/C24H24N4O/c1-27-15-21-13-19(6-8-23(21)26-27)18-3-2-4-22-7-5-20(16-28(22)24(29)14-18)17-9-11-25-12-10-17/h2-8,13-17,25H,9-12H2,1H3/b3-2?,18-14?,22-4+. The zero-order chi connectivity index (χ0) is 19.8. The number of rotatable bonds is 2. The molecule has 0 saturated carbocycles. The molecule has 0 radical (unpaired) electrons. The van der Waals surface area contributed by atoms with Gasteiger partial charge in [0.25, 0.3) is 5.91 Å². The molecule has 1 N–H and O–H groups in total. The summed E-state index contributed by atoms with van der Waals surface area (Å²) in [5.74, 6) is 0.497. The van der Waals surface area contributed by atoms with Gasteiger partial charge in [0.2, 0.25) is 0 Å². The fourth-order valence-corrected chi connectivity index (χ4v) is 4.26. The van der Waals surface area contributed by atoms with Gasteiger partial charge in [-0.15, -0.1) is 0 Å². The number of nitrogens with zero attached hydrogens (tertiary/aromatic N) is 3. The quantitative estimate of drug-likeness (QED) is 0.859. The molecule has 5 rings (SSSR count). The summed E-state index contributed by atoms with van der Waals surface area (Å²) in [6.45, 7) is 2.08. The summed E-state index contributed by atoms with van der Waals surface area (Å²) < 4.78 is 1.81. The van der Waals surface area contributed by atoms with Crippen LogP contribution in [0.5, 0.6) is 0 Å². The highest BCUT2D eigenvalue weighted by Gasteiger charge is 2.23. The third kappa shape index (κ3) is 3.49. The van der Waals surface area contributed by atoms with Crippen molar-refractivity contribution in [3.05, 3.63) is 83.9 Å². The molecule has 3 aliphatic rings. The summed E-state index contributed by atoms with van der Waals surface area (Å²) in [7, 11) is 1.92. The number of hydrogen-bond donors (Lipinski definition) is 1. The Hall–Kier alpha value is -3.18. The van der Waals surface area contributed by atoms with Crippen LogP contribution in [0.2, 0.25) is 0 Å². The lowest BCUT2D eigenvalue weighted by Crippen LogP contribution is -2.31. The van der Waals surface area contributed by atoms with Gasteiger partial charge in [0.15, 0.2) is 0 Å². The van der Waals surface area contributed by atoms with Gasteiger partial charge in [-0.1, -0.05) is 24.3 Å². The lowest BCUT2D eigenvalue weighted by Gasteiger charge is -2.29. The SMILES string of the molecule is Cn1cc2cc(C3=CC(=O)N4C=C(C5CCNCC5)C=C/C4=C\C=C3)ccc2n1. The fraction of sp³-hybridized carbons (Fsp3) is 0.250. The predicted molar refractivity (Wildman–Crippen MR) is 116 cm³/mol. The Labute approximate surface area is 170 Å². The number of benzene rings is 1. The van der Waals surface area contributed by atoms with E-state index in [1.54, 1.807) is 11.0 Å². The highest BCUT2D eigenvalue weighted by atomic mass is 16.2. The molecule has 1 amide bonds. The van der Waals surface area contributed by atoms with E-state index in [4.69, 9.17) is 0 Å². The molecule has 0 aliphatic carbocycles. The van der Waals surface area contributed by atoms with Crippen molar-refractivity contribution >= 4 is 22.4 Å². The number of aryl methyl sites for hydroxylation is 1. The maximum atomic E-state index is 13.1. The summed E-state index contributed by atoms with van der Waals surface area (Å²) in [6.07, 6.45) is 18.2. The highest BCUT2D eigenvalue weighted by molar-refractivity contribution is 6.00. The second kappa shape index (κ2) is 7.33. The molecule has 0 atom stereocenters. The molecule has 0 bridgehead atoms. The van der Waals surface area contributed by atoms with Gasteiger partial charge in [-0.25, -0.2) is 0 Å². The number of piperidine rings is 1. The van der Waals surface area contributed by atoms with Gasteiger partial charge in [-0.05, 0) is 72.8 Å². The Morgan fingerprint density at radius 2 is 2.00 bits per heavy atom. The number of hydrogen-bond acceptors (Lipinski definition) is 3. The van der Waals surface area contributed by atoms with Gasteiger partial charge >= 0.3 is 0 Å². The number of fused-ring (bicyclic) bond motifs is 2. The van der Waals surface area contributed by atoms with Crippen LogP contribution < -0.4 is 5.32 Å². The minimum atomic E-state index is -0.0160. The number of allylic oxidation sites excluding steroid dienone is 7. The Kier molecular flexibility index (Phi) is 4.52. The summed E-state index contributed by atoms with van der Waals surface area (Å²) in [4.78, 5) is 14.9. The summed E-state index contributed by atoms with van der Waals surface area (Å²) in [6, 6.07) is 6.12. The highest BCUT2D eigenvalue weighted by Crippen LogP contribution is 2.30. The summed E-state index contributed by atoms with van der Waals surface area (Å²) in [5.41, 5.74) is 5.02. The molecule has 2 aromatic rings. The van der Waals surface area contributed by atoms with E-state index in [0.29, 0.717) is 5.92 Å². The van der Waals surface area contributed by atoms with E-state index in [-0.39, 0.29) is 5.91 Å². The number of amides is 1. The molecule has 1 saturated heterocycles. The van der Waals surface area contributed by atoms with E-state index < -0.39 is 0 Å². The van der Waals surface area contributed by atoms with Crippen molar-refractivity contribution in [3.8, 4) is 0 Å². The fourth-order valence-electron chi connectivity index (χ4n) is 4.26. The second-order valence-corrected chi connectivity index (χ2v) is 7.82. The van der Waals surface area contributed by atoms with Crippen LogP contribution in [0.15, 0.2) is 78.3 Å². The normalized spacial score (nSPS) is 21.9. The zero-order valence-corrected chi connectivity index (χ0v) is 16.5. The monoisotopic (exact) mass is 384 g/mol. The van der Waals surface area contributed by atoms with Crippen molar-refractivity contribution in [2.45, 2.75) is 12.8 Å². The maximum Gasteiger partial charge on any atom is 0.255 e.